The Morgan fingerprint density at radius 2 is 1.76 bits per heavy atom. The molecule has 2 rings (SSSR count). The number of benzene rings is 2. The second kappa shape index (κ2) is 6.33. The molecule has 21 heavy (non-hydrogen) atoms. The molecule has 0 amide bonds. The third-order valence-corrected chi connectivity index (χ3v) is 3.76. The molecule has 0 radical (unpaired) electrons. The van der Waals surface area contributed by atoms with Gasteiger partial charge < -0.3 is 15.6 Å². The minimum atomic E-state index is -0.853. The van der Waals surface area contributed by atoms with Gasteiger partial charge in [0.05, 0.1) is 12.5 Å². The summed E-state index contributed by atoms with van der Waals surface area (Å²) in [6.07, 6.45) is 0. The average molecular weight is 310 g/mol. The molecule has 4 nitrogen and oxygen atoms in total. The van der Waals surface area contributed by atoms with Crippen LogP contribution in [0.2, 0.25) is 0 Å². The van der Waals surface area contributed by atoms with Crippen molar-refractivity contribution in [2.45, 2.75) is 19.9 Å². The molecule has 1 atom stereocenters. The fraction of sp³-hybridized carbons (Fsp3) is 0.312. The maximum atomic E-state index is 11.9. The number of phenolic OH excluding ortho intramolecular Hbond substituents is 1. The van der Waals surface area contributed by atoms with Gasteiger partial charge in [0.25, 0.3) is 0 Å². The maximum Gasteiger partial charge on any atom is 0.313 e. The first-order valence-corrected chi connectivity index (χ1v) is 6.44. The van der Waals surface area contributed by atoms with Crippen molar-refractivity contribution in [3.05, 3.63) is 42.0 Å². The van der Waals surface area contributed by atoms with Crippen molar-refractivity contribution < 1.29 is 14.6 Å². The lowest BCUT2D eigenvalue weighted by Gasteiger charge is -2.29. The SMILES string of the molecule is COC(=O)C(C)(C)[C@H](N)c1ccc(O)c2ccccc12.Cl. The van der Waals surface area contributed by atoms with E-state index in [9.17, 15) is 9.90 Å². The van der Waals surface area contributed by atoms with Gasteiger partial charge in [-0.05, 0) is 30.9 Å². The van der Waals surface area contributed by atoms with Gasteiger partial charge in [0.15, 0.2) is 0 Å². The zero-order chi connectivity index (χ0) is 14.9. The molecule has 2 aromatic carbocycles. The van der Waals surface area contributed by atoms with Gasteiger partial charge >= 0.3 is 5.97 Å². The van der Waals surface area contributed by atoms with Crippen molar-refractivity contribution in [2.75, 3.05) is 7.11 Å². The number of carbonyl (C=O) groups is 1. The van der Waals surface area contributed by atoms with Crippen LogP contribution in [0.3, 0.4) is 0 Å². The van der Waals surface area contributed by atoms with E-state index < -0.39 is 11.5 Å². The Kier molecular flexibility index (Phi) is 5.20. The molecule has 0 saturated heterocycles. The zero-order valence-corrected chi connectivity index (χ0v) is 13.1. The lowest BCUT2D eigenvalue weighted by Crippen LogP contribution is -2.37. The quantitative estimate of drug-likeness (QED) is 0.854. The Morgan fingerprint density at radius 3 is 2.33 bits per heavy atom. The molecule has 0 heterocycles. The molecular weight excluding hydrogens is 290 g/mol. The van der Waals surface area contributed by atoms with Crippen LogP contribution in [-0.4, -0.2) is 18.2 Å². The number of rotatable bonds is 3. The molecule has 0 fully saturated rings. The van der Waals surface area contributed by atoms with Crippen molar-refractivity contribution in [2.24, 2.45) is 11.1 Å². The van der Waals surface area contributed by atoms with E-state index in [1.165, 1.54) is 7.11 Å². The van der Waals surface area contributed by atoms with E-state index in [1.807, 2.05) is 24.3 Å². The van der Waals surface area contributed by atoms with Gasteiger partial charge in [-0.15, -0.1) is 12.4 Å². The number of hydrogen-bond acceptors (Lipinski definition) is 4. The number of aromatic hydroxyl groups is 1. The largest absolute Gasteiger partial charge is 0.507 e. The van der Waals surface area contributed by atoms with Gasteiger partial charge in [-0.2, -0.15) is 0 Å². The topological polar surface area (TPSA) is 72.5 Å². The Bertz CT molecular complexity index is 655. The zero-order valence-electron chi connectivity index (χ0n) is 12.3. The first-order valence-electron chi connectivity index (χ1n) is 6.44. The van der Waals surface area contributed by atoms with E-state index in [2.05, 4.69) is 0 Å². The second-order valence-corrected chi connectivity index (χ2v) is 5.41. The number of nitrogens with two attached hydrogens (primary N) is 1. The number of phenols is 1. The lowest BCUT2D eigenvalue weighted by atomic mass is 9.79. The number of halogens is 1. The van der Waals surface area contributed by atoms with Crippen LogP contribution in [0.25, 0.3) is 10.8 Å². The number of esters is 1. The van der Waals surface area contributed by atoms with Crippen LogP contribution in [0.15, 0.2) is 36.4 Å². The van der Waals surface area contributed by atoms with Gasteiger partial charge in [-0.25, -0.2) is 0 Å². The van der Waals surface area contributed by atoms with Gasteiger partial charge in [0, 0.05) is 11.4 Å². The molecule has 0 unspecified atom stereocenters. The number of methoxy groups -OCH3 is 1. The van der Waals surface area contributed by atoms with E-state index in [0.29, 0.717) is 0 Å². The molecule has 0 bridgehead atoms. The highest BCUT2D eigenvalue weighted by atomic mass is 35.5. The van der Waals surface area contributed by atoms with Crippen LogP contribution >= 0.6 is 12.4 Å². The van der Waals surface area contributed by atoms with Crippen molar-refractivity contribution in [1.29, 1.82) is 0 Å². The Hall–Kier alpha value is -1.78. The molecule has 5 heteroatoms. The number of carbonyl (C=O) groups excluding carboxylic acids is 1. The summed E-state index contributed by atoms with van der Waals surface area (Å²) in [6, 6.07) is 10.3. The van der Waals surface area contributed by atoms with Crippen molar-refractivity contribution >= 4 is 29.1 Å². The molecule has 2 aromatic rings. The van der Waals surface area contributed by atoms with Crippen molar-refractivity contribution in [1.82, 2.24) is 0 Å². The Balaban J connectivity index is 0.00000220. The summed E-state index contributed by atoms with van der Waals surface area (Å²) in [5.74, 6) is -0.158. The van der Waals surface area contributed by atoms with Gasteiger partial charge in [0.2, 0.25) is 0 Å². The minimum Gasteiger partial charge on any atom is -0.507 e. The molecule has 0 aromatic heterocycles. The number of ether oxygens (including phenoxy) is 1. The van der Waals surface area contributed by atoms with Gasteiger partial charge in [-0.1, -0.05) is 30.3 Å². The van der Waals surface area contributed by atoms with Gasteiger partial charge in [0.1, 0.15) is 5.75 Å². The van der Waals surface area contributed by atoms with E-state index >= 15 is 0 Å². The normalized spacial score (nSPS) is 12.6. The van der Waals surface area contributed by atoms with Crippen molar-refractivity contribution in [3.8, 4) is 5.75 Å². The standard InChI is InChI=1S/C16H19NO3.ClH/c1-16(2,15(19)20-3)14(17)12-8-9-13(18)11-7-5-4-6-10(11)12;/h4-9,14,18H,17H2,1-3H3;1H/t14-;/m1./s1. The van der Waals surface area contributed by atoms with Crippen LogP contribution < -0.4 is 5.73 Å². The highest BCUT2D eigenvalue weighted by molar-refractivity contribution is 5.92. The number of fused-ring (bicyclic) bond motifs is 1. The van der Waals surface area contributed by atoms with E-state index in [1.54, 1.807) is 26.0 Å². The highest BCUT2D eigenvalue weighted by Crippen LogP contribution is 2.38. The molecule has 114 valence electrons. The molecule has 0 aliphatic rings. The number of hydrogen-bond donors (Lipinski definition) is 2. The Morgan fingerprint density at radius 1 is 1.19 bits per heavy atom. The van der Waals surface area contributed by atoms with Crippen LogP contribution in [0, 0.1) is 5.41 Å². The fourth-order valence-electron chi connectivity index (χ4n) is 2.36. The molecule has 0 aliphatic carbocycles. The summed E-state index contributed by atoms with van der Waals surface area (Å²) in [5.41, 5.74) is 6.24. The molecular formula is C16H20ClNO3. The summed E-state index contributed by atoms with van der Waals surface area (Å²) in [4.78, 5) is 11.9. The highest BCUT2D eigenvalue weighted by Gasteiger charge is 2.37. The summed E-state index contributed by atoms with van der Waals surface area (Å²) in [6.45, 7) is 3.51. The second-order valence-electron chi connectivity index (χ2n) is 5.41. The van der Waals surface area contributed by atoms with Crippen LogP contribution in [0.5, 0.6) is 5.75 Å². The predicted molar refractivity (Wildman–Crippen MR) is 85.6 cm³/mol. The minimum absolute atomic E-state index is 0. The monoisotopic (exact) mass is 309 g/mol. The third-order valence-electron chi connectivity index (χ3n) is 3.76. The molecule has 0 saturated carbocycles. The predicted octanol–water partition coefficient (Wildman–Crippen LogP) is 3.17. The van der Waals surface area contributed by atoms with E-state index in [-0.39, 0.29) is 24.1 Å². The average Bonchev–Trinajstić information content (AvgIpc) is 2.46. The summed E-state index contributed by atoms with van der Waals surface area (Å²) >= 11 is 0. The molecule has 0 spiro atoms. The van der Waals surface area contributed by atoms with Crippen LogP contribution in [0.4, 0.5) is 0 Å². The Labute approximate surface area is 130 Å². The van der Waals surface area contributed by atoms with E-state index in [0.717, 1.165) is 16.3 Å². The summed E-state index contributed by atoms with van der Waals surface area (Å²) < 4.78 is 4.83. The summed E-state index contributed by atoms with van der Waals surface area (Å²) in [7, 11) is 1.35. The van der Waals surface area contributed by atoms with E-state index in [4.69, 9.17) is 10.5 Å². The molecule has 0 aliphatic heterocycles. The summed E-state index contributed by atoms with van der Waals surface area (Å²) in [5, 5.41) is 11.5. The first-order chi connectivity index (χ1) is 9.39. The van der Waals surface area contributed by atoms with Crippen molar-refractivity contribution in [3.63, 3.8) is 0 Å². The molecule has 3 N–H and O–H groups in total. The lowest BCUT2D eigenvalue weighted by molar-refractivity contribution is -0.152. The first kappa shape index (κ1) is 17.3. The fourth-order valence-corrected chi connectivity index (χ4v) is 2.36. The smallest absolute Gasteiger partial charge is 0.313 e. The maximum absolute atomic E-state index is 11.9. The van der Waals surface area contributed by atoms with Gasteiger partial charge in [-0.3, -0.25) is 4.79 Å². The van der Waals surface area contributed by atoms with Crippen LogP contribution in [-0.2, 0) is 9.53 Å². The van der Waals surface area contributed by atoms with Crippen LogP contribution in [0.1, 0.15) is 25.5 Å². The third kappa shape index (κ3) is 2.96.